The summed E-state index contributed by atoms with van der Waals surface area (Å²) in [5, 5.41) is 6.26. The maximum Gasteiger partial charge on any atom is 0.270 e. The highest BCUT2D eigenvalue weighted by Crippen LogP contribution is 2.23. The van der Waals surface area contributed by atoms with Crippen molar-refractivity contribution in [3.8, 4) is 0 Å². The number of nitrogens with zero attached hydrogens (tertiary/aromatic N) is 4. The Morgan fingerprint density at radius 2 is 1.88 bits per heavy atom. The van der Waals surface area contributed by atoms with Crippen LogP contribution in [0.1, 0.15) is 48.8 Å². The van der Waals surface area contributed by atoms with Crippen LogP contribution in [-0.4, -0.2) is 70.3 Å². The van der Waals surface area contributed by atoms with Gasteiger partial charge >= 0.3 is 0 Å². The van der Waals surface area contributed by atoms with Crippen molar-refractivity contribution in [2.24, 2.45) is 5.41 Å². The summed E-state index contributed by atoms with van der Waals surface area (Å²) in [6, 6.07) is 10.4. The summed E-state index contributed by atoms with van der Waals surface area (Å²) in [6.45, 7) is 10.7. The van der Waals surface area contributed by atoms with E-state index in [2.05, 4.69) is 49.8 Å². The average molecular weight is 451 g/mol. The molecule has 1 aromatic carbocycles. The molecule has 2 aliphatic heterocycles. The third kappa shape index (κ3) is 5.87. The minimum atomic E-state index is -0.371. The molecule has 176 valence electrons. The van der Waals surface area contributed by atoms with E-state index in [1.165, 1.54) is 17.5 Å². The van der Waals surface area contributed by atoms with E-state index < -0.39 is 0 Å². The Morgan fingerprint density at radius 1 is 1.12 bits per heavy atom. The fourth-order valence-electron chi connectivity index (χ4n) is 4.32. The number of hydrogen-bond donors (Lipinski definition) is 2. The van der Waals surface area contributed by atoms with Gasteiger partial charge in [-0.25, -0.2) is 9.97 Å². The zero-order valence-corrected chi connectivity index (χ0v) is 19.8. The van der Waals surface area contributed by atoms with Crippen LogP contribution in [-0.2, 0) is 17.8 Å². The molecule has 0 saturated carbocycles. The lowest BCUT2D eigenvalue weighted by Gasteiger charge is -2.42. The van der Waals surface area contributed by atoms with Crippen molar-refractivity contribution in [1.29, 1.82) is 0 Å². The van der Waals surface area contributed by atoms with Crippen molar-refractivity contribution in [3.63, 3.8) is 0 Å². The van der Waals surface area contributed by atoms with Crippen molar-refractivity contribution in [2.75, 3.05) is 38.0 Å². The van der Waals surface area contributed by atoms with Crippen LogP contribution >= 0.6 is 0 Å². The smallest absolute Gasteiger partial charge is 0.270 e. The Labute approximate surface area is 195 Å². The number of anilines is 1. The number of carbonyl (C=O) groups is 2. The highest BCUT2D eigenvalue weighted by atomic mass is 16.2. The fraction of sp³-hybridized carbons (Fsp3) is 0.520. The van der Waals surface area contributed by atoms with Crippen LogP contribution in [0.5, 0.6) is 0 Å². The van der Waals surface area contributed by atoms with Gasteiger partial charge in [-0.2, -0.15) is 0 Å². The number of aromatic nitrogens is 2. The molecule has 3 heterocycles. The molecule has 0 unspecified atom stereocenters. The Balaban J connectivity index is 1.18. The average Bonchev–Trinajstić information content (AvgIpc) is 2.77. The van der Waals surface area contributed by atoms with Gasteiger partial charge in [-0.3, -0.25) is 14.5 Å². The number of fused-ring (bicyclic) bond motifs is 1. The Hall–Kier alpha value is -3.00. The topological polar surface area (TPSA) is 90.5 Å². The van der Waals surface area contributed by atoms with Gasteiger partial charge in [0, 0.05) is 50.7 Å². The van der Waals surface area contributed by atoms with Crippen molar-refractivity contribution in [2.45, 2.75) is 46.2 Å². The first kappa shape index (κ1) is 23.2. The second-order valence-electron chi connectivity index (χ2n) is 9.99. The molecule has 0 bridgehead atoms. The van der Waals surface area contributed by atoms with Gasteiger partial charge in [0.1, 0.15) is 17.8 Å². The zero-order chi connectivity index (χ0) is 23.4. The lowest BCUT2D eigenvalue weighted by molar-refractivity contribution is -0.143. The molecule has 1 saturated heterocycles. The summed E-state index contributed by atoms with van der Waals surface area (Å²) in [7, 11) is 0. The molecule has 8 heteroatoms. The van der Waals surface area contributed by atoms with Crippen LogP contribution in [0.4, 0.5) is 5.82 Å². The van der Waals surface area contributed by atoms with Gasteiger partial charge in [0.15, 0.2) is 0 Å². The molecule has 2 N–H and O–H groups in total. The number of benzene rings is 1. The van der Waals surface area contributed by atoms with E-state index in [4.69, 9.17) is 0 Å². The van der Waals surface area contributed by atoms with Gasteiger partial charge in [0.25, 0.3) is 5.91 Å². The third-order valence-corrected chi connectivity index (χ3v) is 6.21. The van der Waals surface area contributed by atoms with Gasteiger partial charge in [-0.1, -0.05) is 45.0 Å². The molecule has 2 aromatic rings. The second kappa shape index (κ2) is 9.87. The van der Waals surface area contributed by atoms with Gasteiger partial charge in [-0.05, 0) is 24.0 Å². The van der Waals surface area contributed by atoms with Crippen molar-refractivity contribution in [3.05, 3.63) is 53.5 Å². The van der Waals surface area contributed by atoms with E-state index in [1.807, 2.05) is 25.7 Å². The zero-order valence-electron chi connectivity index (χ0n) is 19.8. The molecule has 0 radical (unpaired) electrons. The molecule has 0 aliphatic carbocycles. The highest BCUT2D eigenvalue weighted by molar-refractivity contribution is 5.92. The van der Waals surface area contributed by atoms with Crippen LogP contribution in [0, 0.1) is 5.41 Å². The lowest BCUT2D eigenvalue weighted by atomic mass is 9.92. The van der Waals surface area contributed by atoms with E-state index in [1.54, 1.807) is 6.07 Å². The van der Waals surface area contributed by atoms with Crippen LogP contribution in [0.15, 0.2) is 36.7 Å². The lowest BCUT2D eigenvalue weighted by Crippen LogP contribution is -2.59. The van der Waals surface area contributed by atoms with E-state index in [-0.39, 0.29) is 23.3 Å². The Bertz CT molecular complexity index is 996. The second-order valence-corrected chi connectivity index (χ2v) is 9.99. The monoisotopic (exact) mass is 450 g/mol. The summed E-state index contributed by atoms with van der Waals surface area (Å²) >= 11 is 0. The molecule has 8 nitrogen and oxygen atoms in total. The Morgan fingerprint density at radius 3 is 2.64 bits per heavy atom. The van der Waals surface area contributed by atoms with E-state index in [0.717, 1.165) is 32.5 Å². The number of carbonyl (C=O) groups excluding carboxylic acids is 2. The maximum absolute atomic E-state index is 12.5. The Kier molecular flexibility index (Phi) is 6.93. The molecule has 0 spiro atoms. The van der Waals surface area contributed by atoms with Gasteiger partial charge in [0.05, 0.1) is 6.04 Å². The number of likely N-dealkylation sites (tertiary alicyclic amines) is 1. The summed E-state index contributed by atoms with van der Waals surface area (Å²) in [5.74, 6) is 0.564. The molecule has 4 rings (SSSR count). The van der Waals surface area contributed by atoms with Crippen LogP contribution < -0.4 is 10.6 Å². The number of nitrogens with one attached hydrogen (secondary N) is 2. The predicted octanol–water partition coefficient (Wildman–Crippen LogP) is 2.32. The van der Waals surface area contributed by atoms with Crippen LogP contribution in [0.3, 0.4) is 0 Å². The normalized spacial score (nSPS) is 16.6. The first-order valence-electron chi connectivity index (χ1n) is 11.7. The molecule has 1 aromatic heterocycles. The maximum atomic E-state index is 12.5. The fourth-order valence-corrected chi connectivity index (χ4v) is 4.32. The van der Waals surface area contributed by atoms with Gasteiger partial charge < -0.3 is 15.5 Å². The van der Waals surface area contributed by atoms with Crippen molar-refractivity contribution >= 4 is 17.6 Å². The van der Waals surface area contributed by atoms with Crippen molar-refractivity contribution in [1.82, 2.24) is 25.1 Å². The minimum Gasteiger partial charge on any atom is -0.364 e. The summed E-state index contributed by atoms with van der Waals surface area (Å²) < 4.78 is 0. The van der Waals surface area contributed by atoms with Crippen LogP contribution in [0.25, 0.3) is 0 Å². The minimum absolute atomic E-state index is 0.136. The molecular formula is C25H34N6O2. The van der Waals surface area contributed by atoms with Crippen LogP contribution in [0.2, 0.25) is 0 Å². The molecule has 2 amide bonds. The van der Waals surface area contributed by atoms with E-state index in [9.17, 15) is 9.59 Å². The molecule has 33 heavy (non-hydrogen) atoms. The highest BCUT2D eigenvalue weighted by Gasteiger charge is 2.36. The van der Waals surface area contributed by atoms with Crippen molar-refractivity contribution < 1.29 is 9.59 Å². The largest absolute Gasteiger partial charge is 0.364 e. The first-order valence-corrected chi connectivity index (χ1v) is 11.7. The van der Waals surface area contributed by atoms with E-state index in [0.29, 0.717) is 31.1 Å². The van der Waals surface area contributed by atoms with E-state index >= 15 is 0 Å². The SMILES string of the molecule is CC(C)(C)C(=O)N1CC(Nc2cc(C(=O)NCCCN3CCc4ccccc4C3)ncn2)C1. The van der Waals surface area contributed by atoms with Gasteiger partial charge in [0.2, 0.25) is 5.91 Å². The predicted molar refractivity (Wildman–Crippen MR) is 128 cm³/mol. The standard InChI is InChI=1S/C25H34N6O2/c1-25(2,3)24(33)31-15-20(16-31)29-22-13-21(27-17-28-22)23(32)26-10-6-11-30-12-9-18-7-4-5-8-19(18)14-30/h4-5,7-8,13,17,20H,6,9-12,14-16H2,1-3H3,(H,26,32)(H,27,28,29). The molecular weight excluding hydrogens is 416 g/mol. The molecule has 0 atom stereocenters. The van der Waals surface area contributed by atoms with Gasteiger partial charge in [-0.15, -0.1) is 0 Å². The summed E-state index contributed by atoms with van der Waals surface area (Å²) in [5.41, 5.74) is 2.84. The third-order valence-electron chi connectivity index (χ3n) is 6.21. The quantitative estimate of drug-likeness (QED) is 0.630. The number of amides is 2. The first-order chi connectivity index (χ1) is 15.8. The number of hydrogen-bond acceptors (Lipinski definition) is 6. The molecule has 1 fully saturated rings. The number of rotatable bonds is 7. The molecule has 2 aliphatic rings. The summed E-state index contributed by atoms with van der Waals surface area (Å²) in [6.07, 6.45) is 3.38. The summed E-state index contributed by atoms with van der Waals surface area (Å²) in [4.78, 5) is 37.4.